The van der Waals surface area contributed by atoms with E-state index in [0.29, 0.717) is 18.8 Å². The number of aromatic nitrogens is 2. The largest absolute Gasteiger partial charge is 0.357 e. The Morgan fingerprint density at radius 3 is 2.19 bits per heavy atom. The summed E-state index contributed by atoms with van der Waals surface area (Å²) in [7, 11) is -1.91. The van der Waals surface area contributed by atoms with Crippen LogP contribution in [0.4, 0.5) is 5.95 Å². The molecule has 0 radical (unpaired) electrons. The lowest BCUT2D eigenvalue weighted by Crippen LogP contribution is -2.35. The zero-order chi connectivity index (χ0) is 14.9. The summed E-state index contributed by atoms with van der Waals surface area (Å²) in [6.45, 7) is 0. The molecule has 0 fully saturated rings. The van der Waals surface area contributed by atoms with Gasteiger partial charge in [0.15, 0.2) is 0 Å². The fourth-order valence-electron chi connectivity index (χ4n) is 2.51. The molecule has 1 aromatic carbocycles. The van der Waals surface area contributed by atoms with Crippen molar-refractivity contribution in [2.75, 3.05) is 12.4 Å². The predicted octanol–water partition coefficient (Wildman–Crippen LogP) is 0.964. The number of hydrogen-bond donors (Lipinski definition) is 2. The van der Waals surface area contributed by atoms with Gasteiger partial charge in [0.2, 0.25) is 16.0 Å². The van der Waals surface area contributed by atoms with Crippen LogP contribution < -0.4 is 10.0 Å². The Balaban J connectivity index is 1.75. The van der Waals surface area contributed by atoms with E-state index in [1.54, 1.807) is 7.05 Å². The van der Waals surface area contributed by atoms with Gasteiger partial charge in [-0.25, -0.2) is 23.1 Å². The van der Waals surface area contributed by atoms with Crippen LogP contribution in [0.15, 0.2) is 41.6 Å². The zero-order valence-electron chi connectivity index (χ0n) is 11.6. The van der Waals surface area contributed by atoms with E-state index >= 15 is 0 Å². The van der Waals surface area contributed by atoms with Crippen molar-refractivity contribution in [3.05, 3.63) is 47.8 Å². The maximum absolute atomic E-state index is 12.3. The fraction of sp³-hybridized carbons (Fsp3) is 0.286. The number of rotatable bonds is 4. The topological polar surface area (TPSA) is 84.0 Å². The molecule has 1 aliphatic carbocycles. The van der Waals surface area contributed by atoms with Gasteiger partial charge in [-0.05, 0) is 24.0 Å². The average molecular weight is 304 g/mol. The van der Waals surface area contributed by atoms with Gasteiger partial charge in [0.1, 0.15) is 4.90 Å². The van der Waals surface area contributed by atoms with Crippen LogP contribution in [0.1, 0.15) is 11.1 Å². The van der Waals surface area contributed by atoms with Crippen LogP contribution in [0.2, 0.25) is 0 Å². The first-order valence-corrected chi connectivity index (χ1v) is 8.16. The number of nitrogens with zero attached hydrogens (tertiary/aromatic N) is 2. The second-order valence-electron chi connectivity index (χ2n) is 4.99. The Bertz CT molecular complexity index is 719. The highest BCUT2D eigenvalue weighted by molar-refractivity contribution is 7.89. The molecule has 21 heavy (non-hydrogen) atoms. The smallest absolute Gasteiger partial charge is 0.243 e. The van der Waals surface area contributed by atoms with Crippen LogP contribution in [0.25, 0.3) is 0 Å². The number of fused-ring (bicyclic) bond motifs is 1. The molecule has 0 spiro atoms. The van der Waals surface area contributed by atoms with Crippen LogP contribution in [0.3, 0.4) is 0 Å². The molecular weight excluding hydrogens is 288 g/mol. The minimum Gasteiger partial charge on any atom is -0.357 e. The van der Waals surface area contributed by atoms with Crippen molar-refractivity contribution >= 4 is 16.0 Å². The van der Waals surface area contributed by atoms with E-state index < -0.39 is 10.0 Å². The van der Waals surface area contributed by atoms with E-state index in [9.17, 15) is 8.42 Å². The molecule has 1 aliphatic rings. The number of sulfonamides is 1. The minimum atomic E-state index is -3.59. The molecule has 3 rings (SSSR count). The molecule has 6 nitrogen and oxygen atoms in total. The summed E-state index contributed by atoms with van der Waals surface area (Å²) in [4.78, 5) is 7.95. The Hall–Kier alpha value is -1.99. The van der Waals surface area contributed by atoms with Gasteiger partial charge >= 0.3 is 0 Å². The standard InChI is InChI=1S/C14H16N4O2S/c1-15-14-16-8-13(9-17-14)21(19,20)18-12-6-10-4-2-3-5-11(10)7-12/h2-5,8-9,12,18H,6-7H2,1H3,(H,15,16,17). The monoisotopic (exact) mass is 304 g/mol. The van der Waals surface area contributed by atoms with Gasteiger partial charge in [-0.15, -0.1) is 0 Å². The first kappa shape index (κ1) is 14.0. The lowest BCUT2D eigenvalue weighted by Gasteiger charge is -2.12. The van der Waals surface area contributed by atoms with Crippen molar-refractivity contribution in [3.8, 4) is 0 Å². The van der Waals surface area contributed by atoms with E-state index in [1.165, 1.54) is 23.5 Å². The summed E-state index contributed by atoms with van der Waals surface area (Å²) < 4.78 is 27.4. The van der Waals surface area contributed by atoms with Crippen LogP contribution in [0.5, 0.6) is 0 Å². The van der Waals surface area contributed by atoms with Gasteiger partial charge in [0.05, 0.1) is 12.4 Å². The molecule has 2 N–H and O–H groups in total. The SMILES string of the molecule is CNc1ncc(S(=O)(=O)NC2Cc3ccccc3C2)cn1. The Labute approximate surface area is 123 Å². The zero-order valence-corrected chi connectivity index (χ0v) is 12.4. The molecule has 7 heteroatoms. The molecule has 0 saturated heterocycles. The molecule has 110 valence electrons. The van der Waals surface area contributed by atoms with Crippen molar-refractivity contribution < 1.29 is 8.42 Å². The predicted molar refractivity (Wildman–Crippen MR) is 79.5 cm³/mol. The van der Waals surface area contributed by atoms with Crippen molar-refractivity contribution in [2.45, 2.75) is 23.8 Å². The summed E-state index contributed by atoms with van der Waals surface area (Å²) in [6.07, 6.45) is 4.04. The minimum absolute atomic E-state index is 0.0810. The van der Waals surface area contributed by atoms with E-state index in [-0.39, 0.29) is 10.9 Å². The third-order valence-electron chi connectivity index (χ3n) is 3.53. The van der Waals surface area contributed by atoms with Crippen LogP contribution in [-0.4, -0.2) is 31.5 Å². The van der Waals surface area contributed by atoms with Crippen molar-refractivity contribution in [3.63, 3.8) is 0 Å². The highest BCUT2D eigenvalue weighted by Gasteiger charge is 2.26. The first-order valence-electron chi connectivity index (χ1n) is 6.67. The van der Waals surface area contributed by atoms with Gasteiger partial charge in [-0.3, -0.25) is 0 Å². The second kappa shape index (κ2) is 5.42. The number of anilines is 1. The molecule has 0 bridgehead atoms. The summed E-state index contributed by atoms with van der Waals surface area (Å²) >= 11 is 0. The van der Waals surface area contributed by atoms with Gasteiger partial charge in [-0.2, -0.15) is 0 Å². The molecule has 0 unspecified atom stereocenters. The molecule has 0 amide bonds. The summed E-state index contributed by atoms with van der Waals surface area (Å²) in [5.74, 6) is 0.391. The van der Waals surface area contributed by atoms with Gasteiger partial charge < -0.3 is 5.32 Å². The maximum Gasteiger partial charge on any atom is 0.243 e. The molecule has 0 atom stereocenters. The van der Waals surface area contributed by atoms with E-state index in [2.05, 4.69) is 20.0 Å². The van der Waals surface area contributed by atoms with Crippen LogP contribution >= 0.6 is 0 Å². The first-order chi connectivity index (χ1) is 10.1. The van der Waals surface area contributed by atoms with Gasteiger partial charge in [0, 0.05) is 13.1 Å². The number of hydrogen-bond acceptors (Lipinski definition) is 5. The Kier molecular flexibility index (Phi) is 3.60. The van der Waals surface area contributed by atoms with Gasteiger partial charge in [-0.1, -0.05) is 24.3 Å². The molecule has 0 saturated carbocycles. The Morgan fingerprint density at radius 1 is 1.10 bits per heavy atom. The van der Waals surface area contributed by atoms with E-state index in [1.807, 2.05) is 24.3 Å². The normalized spacial score (nSPS) is 14.9. The Morgan fingerprint density at radius 2 is 1.67 bits per heavy atom. The molecule has 1 aromatic heterocycles. The molecule has 2 aromatic rings. The van der Waals surface area contributed by atoms with Crippen molar-refractivity contribution in [1.82, 2.24) is 14.7 Å². The average Bonchev–Trinajstić information content (AvgIpc) is 2.88. The van der Waals surface area contributed by atoms with Crippen molar-refractivity contribution in [2.24, 2.45) is 0 Å². The quantitative estimate of drug-likeness (QED) is 0.879. The molecule has 0 aliphatic heterocycles. The molecular formula is C14H16N4O2S. The van der Waals surface area contributed by atoms with Crippen molar-refractivity contribution in [1.29, 1.82) is 0 Å². The van der Waals surface area contributed by atoms with E-state index in [0.717, 1.165) is 0 Å². The van der Waals surface area contributed by atoms with Crippen LogP contribution in [0, 0.1) is 0 Å². The third kappa shape index (κ3) is 2.88. The summed E-state index contributed by atoms with van der Waals surface area (Å²) in [5.41, 5.74) is 2.40. The summed E-state index contributed by atoms with van der Waals surface area (Å²) in [6, 6.07) is 7.90. The maximum atomic E-state index is 12.3. The highest BCUT2D eigenvalue weighted by atomic mass is 32.2. The van der Waals surface area contributed by atoms with Crippen LogP contribution in [-0.2, 0) is 22.9 Å². The second-order valence-corrected chi connectivity index (χ2v) is 6.70. The van der Waals surface area contributed by atoms with E-state index in [4.69, 9.17) is 0 Å². The third-order valence-corrected chi connectivity index (χ3v) is 5.01. The van der Waals surface area contributed by atoms with Gasteiger partial charge in [0.25, 0.3) is 0 Å². The molecule has 1 heterocycles. The summed E-state index contributed by atoms with van der Waals surface area (Å²) in [5, 5.41) is 2.75. The lowest BCUT2D eigenvalue weighted by molar-refractivity contribution is 0.555. The highest BCUT2D eigenvalue weighted by Crippen LogP contribution is 2.23. The fourth-order valence-corrected chi connectivity index (χ4v) is 3.64. The number of nitrogens with one attached hydrogen (secondary N) is 2. The lowest BCUT2D eigenvalue weighted by atomic mass is 10.1. The number of benzene rings is 1.